The van der Waals surface area contributed by atoms with Crippen molar-refractivity contribution in [2.45, 2.75) is 45.8 Å². The van der Waals surface area contributed by atoms with Gasteiger partial charge in [-0.05, 0) is 37.8 Å². The van der Waals surface area contributed by atoms with E-state index in [1.54, 1.807) is 18.4 Å². The number of ether oxygens (including phenoxy) is 1. The summed E-state index contributed by atoms with van der Waals surface area (Å²) >= 11 is 1.76. The summed E-state index contributed by atoms with van der Waals surface area (Å²) in [5, 5.41) is 3.52. The van der Waals surface area contributed by atoms with Gasteiger partial charge in [0.15, 0.2) is 0 Å². The maximum Gasteiger partial charge on any atom is 0.241 e. The molecule has 21 heavy (non-hydrogen) atoms. The lowest BCUT2D eigenvalue weighted by molar-refractivity contribution is -0.130. The largest absolute Gasteiger partial charge is 0.385 e. The van der Waals surface area contributed by atoms with Crippen LogP contribution < -0.4 is 5.32 Å². The predicted molar refractivity (Wildman–Crippen MR) is 86.4 cm³/mol. The molecule has 0 spiro atoms. The van der Waals surface area contributed by atoms with E-state index in [1.165, 1.54) is 9.75 Å². The van der Waals surface area contributed by atoms with E-state index in [0.717, 1.165) is 19.4 Å². The van der Waals surface area contributed by atoms with Crippen LogP contribution in [-0.2, 0) is 9.53 Å². The monoisotopic (exact) mass is 310 g/mol. The molecule has 0 aliphatic carbocycles. The van der Waals surface area contributed by atoms with Gasteiger partial charge in [-0.3, -0.25) is 10.1 Å². The van der Waals surface area contributed by atoms with Crippen molar-refractivity contribution >= 4 is 17.2 Å². The minimum absolute atomic E-state index is 0.0248. The molecule has 0 saturated carbocycles. The molecule has 2 heterocycles. The Morgan fingerprint density at radius 3 is 2.76 bits per heavy atom. The quantitative estimate of drug-likeness (QED) is 0.787. The SMILES string of the molecule is COCCCN1C(=O)C(CC(C)C)NC1c1ccc(C)s1. The molecule has 1 aliphatic heterocycles. The Morgan fingerprint density at radius 2 is 2.19 bits per heavy atom. The zero-order valence-corrected chi connectivity index (χ0v) is 14.2. The van der Waals surface area contributed by atoms with E-state index in [-0.39, 0.29) is 18.1 Å². The summed E-state index contributed by atoms with van der Waals surface area (Å²) in [4.78, 5) is 17.1. The van der Waals surface area contributed by atoms with Crippen molar-refractivity contribution in [1.82, 2.24) is 10.2 Å². The van der Waals surface area contributed by atoms with Crippen molar-refractivity contribution in [3.63, 3.8) is 0 Å². The first-order valence-electron chi connectivity index (χ1n) is 7.64. The molecule has 1 aliphatic rings. The average Bonchev–Trinajstić information content (AvgIpc) is 2.96. The molecule has 1 amide bonds. The van der Waals surface area contributed by atoms with Gasteiger partial charge >= 0.3 is 0 Å². The third-order valence-electron chi connectivity index (χ3n) is 3.74. The van der Waals surface area contributed by atoms with Crippen LogP contribution in [0.2, 0.25) is 0 Å². The second-order valence-electron chi connectivity index (χ2n) is 6.08. The van der Waals surface area contributed by atoms with Gasteiger partial charge in [0.1, 0.15) is 6.17 Å². The number of rotatable bonds is 7. The van der Waals surface area contributed by atoms with Crippen LogP contribution in [0, 0.1) is 12.8 Å². The predicted octanol–water partition coefficient (Wildman–Crippen LogP) is 2.94. The van der Waals surface area contributed by atoms with E-state index >= 15 is 0 Å². The summed E-state index contributed by atoms with van der Waals surface area (Å²) < 4.78 is 5.12. The molecule has 1 N–H and O–H groups in total. The van der Waals surface area contributed by atoms with Crippen molar-refractivity contribution in [3.05, 3.63) is 21.9 Å². The molecule has 0 aromatic carbocycles. The number of carbonyl (C=O) groups is 1. The first-order chi connectivity index (χ1) is 10.0. The van der Waals surface area contributed by atoms with Gasteiger partial charge in [0.05, 0.1) is 6.04 Å². The zero-order chi connectivity index (χ0) is 15.4. The van der Waals surface area contributed by atoms with E-state index in [4.69, 9.17) is 4.74 Å². The van der Waals surface area contributed by atoms with Crippen LogP contribution in [0.5, 0.6) is 0 Å². The third-order valence-corrected chi connectivity index (χ3v) is 4.79. The van der Waals surface area contributed by atoms with Crippen LogP contribution >= 0.6 is 11.3 Å². The molecule has 1 saturated heterocycles. The molecule has 1 fully saturated rings. The number of methoxy groups -OCH3 is 1. The molecule has 1 aromatic heterocycles. The first-order valence-corrected chi connectivity index (χ1v) is 8.46. The molecular formula is C16H26N2O2S. The molecule has 4 nitrogen and oxygen atoms in total. The fourth-order valence-corrected chi connectivity index (χ4v) is 3.72. The molecule has 0 radical (unpaired) electrons. The van der Waals surface area contributed by atoms with Crippen LogP contribution in [0.1, 0.15) is 42.6 Å². The van der Waals surface area contributed by atoms with Gasteiger partial charge in [0, 0.05) is 30.0 Å². The summed E-state index contributed by atoms with van der Waals surface area (Å²) in [5.74, 6) is 0.743. The highest BCUT2D eigenvalue weighted by Gasteiger charge is 2.39. The molecule has 1 aromatic rings. The number of thiophene rings is 1. The molecular weight excluding hydrogens is 284 g/mol. The Balaban J connectivity index is 2.12. The van der Waals surface area contributed by atoms with E-state index in [2.05, 4.69) is 38.2 Å². The minimum atomic E-state index is -0.0556. The van der Waals surface area contributed by atoms with Gasteiger partial charge in [0.25, 0.3) is 0 Å². The lowest BCUT2D eigenvalue weighted by Crippen LogP contribution is -2.32. The highest BCUT2D eigenvalue weighted by Crippen LogP contribution is 2.32. The van der Waals surface area contributed by atoms with Crippen LogP contribution in [0.3, 0.4) is 0 Å². The van der Waals surface area contributed by atoms with E-state index < -0.39 is 0 Å². The Morgan fingerprint density at radius 1 is 1.43 bits per heavy atom. The van der Waals surface area contributed by atoms with Crippen molar-refractivity contribution in [1.29, 1.82) is 0 Å². The standard InChI is InChI=1S/C16H26N2O2S/c1-11(2)10-13-16(19)18(8-5-9-20-4)15(17-13)14-7-6-12(3)21-14/h6-7,11,13,15,17H,5,8-10H2,1-4H3. The van der Waals surface area contributed by atoms with Gasteiger partial charge in [-0.25, -0.2) is 0 Å². The highest BCUT2D eigenvalue weighted by atomic mass is 32.1. The summed E-state index contributed by atoms with van der Waals surface area (Å²) in [7, 11) is 1.70. The number of nitrogens with one attached hydrogen (secondary N) is 1. The number of carbonyl (C=O) groups excluding carboxylic acids is 1. The number of nitrogens with zero attached hydrogens (tertiary/aromatic N) is 1. The van der Waals surface area contributed by atoms with Crippen molar-refractivity contribution < 1.29 is 9.53 Å². The summed E-state index contributed by atoms with van der Waals surface area (Å²) in [6, 6.07) is 4.20. The molecule has 118 valence electrons. The number of amides is 1. The average molecular weight is 310 g/mol. The van der Waals surface area contributed by atoms with E-state index in [0.29, 0.717) is 12.5 Å². The van der Waals surface area contributed by atoms with Crippen LogP contribution in [0.25, 0.3) is 0 Å². The molecule has 2 atom stereocenters. The van der Waals surface area contributed by atoms with Gasteiger partial charge in [-0.1, -0.05) is 13.8 Å². The van der Waals surface area contributed by atoms with Crippen LogP contribution in [0.15, 0.2) is 12.1 Å². The Bertz CT molecular complexity index is 473. The van der Waals surface area contributed by atoms with Gasteiger partial charge < -0.3 is 9.64 Å². The van der Waals surface area contributed by atoms with Crippen LogP contribution in [-0.4, -0.2) is 37.1 Å². The molecule has 0 bridgehead atoms. The second-order valence-corrected chi connectivity index (χ2v) is 7.40. The third kappa shape index (κ3) is 4.05. The maximum absolute atomic E-state index is 12.7. The topological polar surface area (TPSA) is 41.6 Å². The lowest BCUT2D eigenvalue weighted by atomic mass is 10.0. The molecule has 2 rings (SSSR count). The number of aryl methyl sites for hydroxylation is 1. The van der Waals surface area contributed by atoms with Crippen molar-refractivity contribution in [2.75, 3.05) is 20.3 Å². The summed E-state index contributed by atoms with van der Waals surface area (Å²) in [6.45, 7) is 7.86. The van der Waals surface area contributed by atoms with E-state index in [1.807, 2.05) is 4.90 Å². The molecule has 5 heteroatoms. The Hall–Kier alpha value is -0.910. The Kier molecular flexibility index (Phi) is 5.79. The molecule has 2 unspecified atom stereocenters. The fourth-order valence-electron chi connectivity index (χ4n) is 2.77. The fraction of sp³-hybridized carbons (Fsp3) is 0.688. The first kappa shape index (κ1) is 16.5. The van der Waals surface area contributed by atoms with Crippen molar-refractivity contribution in [3.8, 4) is 0 Å². The summed E-state index contributed by atoms with van der Waals surface area (Å²) in [6.07, 6.45) is 1.79. The van der Waals surface area contributed by atoms with E-state index in [9.17, 15) is 4.79 Å². The maximum atomic E-state index is 12.7. The van der Waals surface area contributed by atoms with Gasteiger partial charge in [-0.2, -0.15) is 0 Å². The summed E-state index contributed by atoms with van der Waals surface area (Å²) in [5.41, 5.74) is 0. The van der Waals surface area contributed by atoms with Crippen LogP contribution in [0.4, 0.5) is 0 Å². The normalized spacial score (nSPS) is 22.5. The number of hydrogen-bond acceptors (Lipinski definition) is 4. The second kappa shape index (κ2) is 7.38. The van der Waals surface area contributed by atoms with Crippen molar-refractivity contribution in [2.24, 2.45) is 5.92 Å². The highest BCUT2D eigenvalue weighted by molar-refractivity contribution is 7.12. The smallest absolute Gasteiger partial charge is 0.241 e. The number of hydrogen-bond donors (Lipinski definition) is 1. The Labute approximate surface area is 131 Å². The minimum Gasteiger partial charge on any atom is -0.385 e. The zero-order valence-electron chi connectivity index (χ0n) is 13.4. The van der Waals surface area contributed by atoms with Gasteiger partial charge in [-0.15, -0.1) is 11.3 Å². The lowest BCUT2D eigenvalue weighted by Gasteiger charge is -2.23. The van der Waals surface area contributed by atoms with Gasteiger partial charge in [0.2, 0.25) is 5.91 Å².